The maximum absolute atomic E-state index is 6.08. The van der Waals surface area contributed by atoms with Gasteiger partial charge in [0.25, 0.3) is 0 Å². The summed E-state index contributed by atoms with van der Waals surface area (Å²) in [4.78, 5) is 0. The average molecular weight is 302 g/mol. The first-order valence-corrected chi connectivity index (χ1v) is 7.64. The molecular formula is C18H20ClNO. The lowest BCUT2D eigenvalue weighted by Crippen LogP contribution is -2.40. The second-order valence-electron chi connectivity index (χ2n) is 6.12. The zero-order chi connectivity index (χ0) is 15.0. The van der Waals surface area contributed by atoms with Gasteiger partial charge in [0.05, 0.1) is 6.04 Å². The molecule has 3 rings (SSSR count). The third kappa shape index (κ3) is 2.78. The summed E-state index contributed by atoms with van der Waals surface area (Å²) in [6.07, 6.45) is 0. The van der Waals surface area contributed by atoms with Gasteiger partial charge in [-0.15, -0.1) is 0 Å². The maximum Gasteiger partial charge on any atom is 0.125 e. The van der Waals surface area contributed by atoms with Gasteiger partial charge < -0.3 is 4.74 Å². The van der Waals surface area contributed by atoms with Crippen LogP contribution in [-0.4, -0.2) is 5.60 Å². The number of nitrogens with one attached hydrogen (secondary N) is 1. The quantitative estimate of drug-likeness (QED) is 0.870. The molecule has 0 amide bonds. The number of hydrogen-bond donors (Lipinski definition) is 1. The SMILES string of the molecule is C[C@H](NC1c2ccccc2OC1(C)C)c1ccc(Cl)cc1. The zero-order valence-corrected chi connectivity index (χ0v) is 13.3. The van der Waals surface area contributed by atoms with Gasteiger partial charge in [0.15, 0.2) is 0 Å². The third-order valence-electron chi connectivity index (χ3n) is 4.08. The number of fused-ring (bicyclic) bond motifs is 1. The molecule has 2 aromatic rings. The summed E-state index contributed by atoms with van der Waals surface area (Å²) in [5.41, 5.74) is 2.19. The Labute approximate surface area is 131 Å². The number of benzene rings is 2. The van der Waals surface area contributed by atoms with Crippen LogP contribution in [0.15, 0.2) is 48.5 Å². The van der Waals surface area contributed by atoms with Crippen LogP contribution in [-0.2, 0) is 0 Å². The lowest BCUT2D eigenvalue weighted by Gasteiger charge is -2.30. The van der Waals surface area contributed by atoms with Crippen LogP contribution in [0.25, 0.3) is 0 Å². The van der Waals surface area contributed by atoms with E-state index < -0.39 is 0 Å². The molecule has 2 nitrogen and oxygen atoms in total. The topological polar surface area (TPSA) is 21.3 Å². The normalized spacial score (nSPS) is 20.7. The van der Waals surface area contributed by atoms with Crippen LogP contribution in [0, 0.1) is 0 Å². The Morgan fingerprint density at radius 3 is 2.48 bits per heavy atom. The Bertz CT molecular complexity index is 636. The van der Waals surface area contributed by atoms with Crippen LogP contribution in [0.1, 0.15) is 44.0 Å². The molecular weight excluding hydrogens is 282 g/mol. The molecule has 110 valence electrons. The highest BCUT2D eigenvalue weighted by atomic mass is 35.5. The van der Waals surface area contributed by atoms with Crippen molar-refractivity contribution < 1.29 is 4.74 Å². The minimum atomic E-state index is -0.260. The first kappa shape index (κ1) is 14.4. The van der Waals surface area contributed by atoms with Crippen molar-refractivity contribution in [1.82, 2.24) is 5.32 Å². The van der Waals surface area contributed by atoms with E-state index in [-0.39, 0.29) is 17.7 Å². The molecule has 0 fully saturated rings. The van der Waals surface area contributed by atoms with Gasteiger partial charge in [-0.25, -0.2) is 0 Å². The van der Waals surface area contributed by atoms with Crippen LogP contribution in [0.4, 0.5) is 0 Å². The van der Waals surface area contributed by atoms with E-state index in [1.54, 1.807) is 0 Å². The maximum atomic E-state index is 6.08. The number of para-hydroxylation sites is 1. The molecule has 1 N–H and O–H groups in total. The Morgan fingerprint density at radius 2 is 1.76 bits per heavy atom. The van der Waals surface area contributed by atoms with E-state index in [0.29, 0.717) is 0 Å². The summed E-state index contributed by atoms with van der Waals surface area (Å²) in [5, 5.41) is 4.46. The van der Waals surface area contributed by atoms with Gasteiger partial charge in [-0.05, 0) is 44.5 Å². The molecule has 1 aliphatic rings. The van der Waals surface area contributed by atoms with E-state index in [4.69, 9.17) is 16.3 Å². The molecule has 1 unspecified atom stereocenters. The Balaban J connectivity index is 1.85. The molecule has 21 heavy (non-hydrogen) atoms. The highest BCUT2D eigenvalue weighted by molar-refractivity contribution is 6.30. The van der Waals surface area contributed by atoms with E-state index in [2.05, 4.69) is 50.4 Å². The van der Waals surface area contributed by atoms with Gasteiger partial charge in [-0.1, -0.05) is 41.9 Å². The van der Waals surface area contributed by atoms with Crippen molar-refractivity contribution in [3.8, 4) is 5.75 Å². The van der Waals surface area contributed by atoms with Gasteiger partial charge in [0.1, 0.15) is 11.4 Å². The molecule has 2 atom stereocenters. The molecule has 3 heteroatoms. The summed E-state index contributed by atoms with van der Waals surface area (Å²) in [5.74, 6) is 0.975. The first-order valence-electron chi connectivity index (χ1n) is 7.27. The van der Waals surface area contributed by atoms with Crippen molar-refractivity contribution >= 4 is 11.6 Å². The second-order valence-corrected chi connectivity index (χ2v) is 6.55. The summed E-state index contributed by atoms with van der Waals surface area (Å²) in [6, 6.07) is 16.6. The standard InChI is InChI=1S/C18H20ClNO/c1-12(13-8-10-14(19)11-9-13)20-17-15-6-4-5-7-16(15)21-18(17,2)3/h4-12,17,20H,1-3H3/t12-,17?/m0/s1. The lowest BCUT2D eigenvalue weighted by atomic mass is 9.93. The van der Waals surface area contributed by atoms with Crippen molar-refractivity contribution in [2.75, 3.05) is 0 Å². The van der Waals surface area contributed by atoms with E-state index in [9.17, 15) is 0 Å². The predicted octanol–water partition coefficient (Wildman–Crippen LogP) is 4.90. The first-order chi connectivity index (χ1) is 9.97. The lowest BCUT2D eigenvalue weighted by molar-refractivity contribution is 0.0919. The molecule has 0 radical (unpaired) electrons. The largest absolute Gasteiger partial charge is 0.486 e. The number of rotatable bonds is 3. The van der Waals surface area contributed by atoms with Crippen molar-refractivity contribution in [3.05, 3.63) is 64.7 Å². The fraction of sp³-hybridized carbons (Fsp3) is 0.333. The van der Waals surface area contributed by atoms with Crippen molar-refractivity contribution in [3.63, 3.8) is 0 Å². The molecule has 0 spiro atoms. The van der Waals surface area contributed by atoms with Gasteiger partial charge in [-0.2, -0.15) is 0 Å². The number of halogens is 1. The zero-order valence-electron chi connectivity index (χ0n) is 12.6. The van der Waals surface area contributed by atoms with Crippen LogP contribution < -0.4 is 10.1 Å². The average Bonchev–Trinajstić information content (AvgIpc) is 2.70. The Morgan fingerprint density at radius 1 is 1.10 bits per heavy atom. The monoisotopic (exact) mass is 301 g/mol. The second kappa shape index (κ2) is 5.36. The predicted molar refractivity (Wildman–Crippen MR) is 86.9 cm³/mol. The fourth-order valence-corrected chi connectivity index (χ4v) is 3.04. The highest BCUT2D eigenvalue weighted by Crippen LogP contribution is 2.43. The van der Waals surface area contributed by atoms with E-state index >= 15 is 0 Å². The molecule has 0 aliphatic carbocycles. The number of ether oxygens (including phenoxy) is 1. The fourth-order valence-electron chi connectivity index (χ4n) is 2.92. The van der Waals surface area contributed by atoms with E-state index in [1.807, 2.05) is 24.3 Å². The van der Waals surface area contributed by atoms with Crippen molar-refractivity contribution in [1.29, 1.82) is 0 Å². The highest BCUT2D eigenvalue weighted by Gasteiger charge is 2.41. The van der Waals surface area contributed by atoms with Crippen LogP contribution in [0.5, 0.6) is 5.75 Å². The number of hydrogen-bond acceptors (Lipinski definition) is 2. The van der Waals surface area contributed by atoms with Crippen LogP contribution in [0.3, 0.4) is 0 Å². The molecule has 0 bridgehead atoms. The van der Waals surface area contributed by atoms with Crippen molar-refractivity contribution in [2.45, 2.75) is 38.5 Å². The Kier molecular flexibility index (Phi) is 3.68. The smallest absolute Gasteiger partial charge is 0.125 e. The van der Waals surface area contributed by atoms with Gasteiger partial charge in [-0.3, -0.25) is 5.32 Å². The minimum absolute atomic E-state index is 0.166. The summed E-state index contributed by atoms with van der Waals surface area (Å²) in [6.45, 7) is 6.42. The molecule has 0 aromatic heterocycles. The van der Waals surface area contributed by atoms with Crippen LogP contribution in [0.2, 0.25) is 5.02 Å². The summed E-state index contributed by atoms with van der Waals surface area (Å²) < 4.78 is 6.08. The van der Waals surface area contributed by atoms with E-state index in [1.165, 1.54) is 11.1 Å². The van der Waals surface area contributed by atoms with E-state index in [0.717, 1.165) is 10.8 Å². The third-order valence-corrected chi connectivity index (χ3v) is 4.34. The summed E-state index contributed by atoms with van der Waals surface area (Å²) in [7, 11) is 0. The molecule has 1 heterocycles. The minimum Gasteiger partial charge on any atom is -0.486 e. The van der Waals surface area contributed by atoms with Crippen molar-refractivity contribution in [2.24, 2.45) is 0 Å². The van der Waals surface area contributed by atoms with Crippen LogP contribution >= 0.6 is 11.6 Å². The molecule has 2 aromatic carbocycles. The molecule has 0 saturated carbocycles. The van der Waals surface area contributed by atoms with Gasteiger partial charge in [0.2, 0.25) is 0 Å². The summed E-state index contributed by atoms with van der Waals surface area (Å²) >= 11 is 5.96. The molecule has 0 saturated heterocycles. The Hall–Kier alpha value is -1.51. The van der Waals surface area contributed by atoms with Gasteiger partial charge >= 0.3 is 0 Å². The van der Waals surface area contributed by atoms with Gasteiger partial charge in [0, 0.05) is 16.6 Å². The molecule has 1 aliphatic heterocycles.